The fourth-order valence-corrected chi connectivity index (χ4v) is 3.60. The first kappa shape index (κ1) is 12.4. The number of hydrogen-bond donors (Lipinski definition) is 0. The molecular weight excluding hydrogens is 464 g/mol. The van der Waals surface area contributed by atoms with Crippen LogP contribution < -0.4 is 0 Å². The zero-order valence-corrected chi connectivity index (χ0v) is 14.4. The van der Waals surface area contributed by atoms with Crippen LogP contribution >= 0.6 is 45.2 Å². The molecule has 1 aliphatic heterocycles. The minimum absolute atomic E-state index is 0.400. The zero-order chi connectivity index (χ0) is 13.0. The molecule has 1 aromatic heterocycles. The number of epoxide rings is 1. The largest absolute Gasteiger partial charge is 0.371 e. The van der Waals surface area contributed by atoms with Crippen molar-refractivity contribution in [2.75, 3.05) is 6.61 Å². The molecule has 3 aromatic rings. The molecule has 1 fully saturated rings. The number of ether oxygens (including phenoxy) is 1. The second-order valence-corrected chi connectivity index (χ2v) is 7.38. The molecule has 1 aliphatic rings. The third-order valence-electron chi connectivity index (χ3n) is 3.58. The van der Waals surface area contributed by atoms with Gasteiger partial charge in [0.2, 0.25) is 0 Å². The standard InChI is InChI=1S/C15H11I2NO/c16-9-1-3-14-12(5-9)13-6-10(17)2-4-15(13)18(14)7-11-8-19-11/h1-6,11H,7-8H2/t11-/m0/s1. The topological polar surface area (TPSA) is 17.5 Å². The van der Waals surface area contributed by atoms with Crippen LogP contribution in [0.2, 0.25) is 0 Å². The Morgan fingerprint density at radius 3 is 2.00 bits per heavy atom. The Morgan fingerprint density at radius 1 is 1.00 bits per heavy atom. The highest BCUT2D eigenvalue weighted by Crippen LogP contribution is 2.32. The maximum atomic E-state index is 5.40. The van der Waals surface area contributed by atoms with E-state index < -0.39 is 0 Å². The first-order valence-corrected chi connectivity index (χ1v) is 8.37. The molecule has 0 saturated carbocycles. The number of aromatic nitrogens is 1. The van der Waals surface area contributed by atoms with Crippen LogP contribution in [-0.2, 0) is 11.3 Å². The zero-order valence-electron chi connectivity index (χ0n) is 10.1. The molecule has 0 spiro atoms. The first-order valence-electron chi connectivity index (χ1n) is 6.21. The van der Waals surface area contributed by atoms with E-state index in [0.29, 0.717) is 6.10 Å². The van der Waals surface area contributed by atoms with Crippen molar-refractivity contribution in [3.05, 3.63) is 43.5 Å². The van der Waals surface area contributed by atoms with Gasteiger partial charge in [-0.3, -0.25) is 0 Å². The summed E-state index contributed by atoms with van der Waals surface area (Å²) in [6.45, 7) is 1.86. The van der Waals surface area contributed by atoms with Crippen LogP contribution in [-0.4, -0.2) is 17.3 Å². The molecule has 4 heteroatoms. The van der Waals surface area contributed by atoms with Crippen LogP contribution in [0.3, 0.4) is 0 Å². The van der Waals surface area contributed by atoms with Crippen molar-refractivity contribution < 1.29 is 4.74 Å². The number of halogens is 2. The molecule has 0 amide bonds. The van der Waals surface area contributed by atoms with Gasteiger partial charge in [-0.05, 0) is 81.6 Å². The minimum Gasteiger partial charge on any atom is -0.371 e. The number of rotatable bonds is 2. The van der Waals surface area contributed by atoms with Gasteiger partial charge < -0.3 is 9.30 Å². The Kier molecular flexibility index (Phi) is 3.00. The number of nitrogens with zero attached hydrogens (tertiary/aromatic N) is 1. The van der Waals surface area contributed by atoms with E-state index in [1.165, 1.54) is 28.9 Å². The van der Waals surface area contributed by atoms with Gasteiger partial charge in [0.15, 0.2) is 0 Å². The first-order chi connectivity index (χ1) is 9.22. The lowest BCUT2D eigenvalue weighted by molar-refractivity contribution is 0.387. The molecule has 1 atom stereocenters. The molecule has 0 aliphatic carbocycles. The van der Waals surface area contributed by atoms with Gasteiger partial charge in [0.1, 0.15) is 0 Å². The van der Waals surface area contributed by atoms with Crippen molar-refractivity contribution >= 4 is 67.0 Å². The fourth-order valence-electron chi connectivity index (χ4n) is 2.62. The number of benzene rings is 2. The molecule has 19 heavy (non-hydrogen) atoms. The number of fused-ring (bicyclic) bond motifs is 3. The SMILES string of the molecule is Ic1ccc2c(c1)c1cc(I)ccc1n2C[C@H]1CO1. The second kappa shape index (κ2) is 4.60. The third-order valence-corrected chi connectivity index (χ3v) is 4.92. The molecule has 0 N–H and O–H groups in total. The van der Waals surface area contributed by atoms with E-state index in [1.807, 2.05) is 0 Å². The predicted octanol–water partition coefficient (Wildman–Crippen LogP) is 4.40. The molecule has 0 unspecified atom stereocenters. The van der Waals surface area contributed by atoms with Crippen molar-refractivity contribution in [3.63, 3.8) is 0 Å². The molecule has 0 bridgehead atoms. The molecule has 2 nitrogen and oxygen atoms in total. The Bertz CT molecular complexity index is 730. The molecule has 4 rings (SSSR count). The van der Waals surface area contributed by atoms with Gasteiger partial charge in [-0.1, -0.05) is 0 Å². The van der Waals surface area contributed by atoms with E-state index in [-0.39, 0.29) is 0 Å². The van der Waals surface area contributed by atoms with Crippen molar-refractivity contribution in [1.82, 2.24) is 4.57 Å². The maximum Gasteiger partial charge on any atom is 0.0988 e. The highest BCUT2D eigenvalue weighted by atomic mass is 127. The van der Waals surface area contributed by atoms with Crippen LogP contribution in [0.4, 0.5) is 0 Å². The lowest BCUT2D eigenvalue weighted by atomic mass is 10.2. The summed E-state index contributed by atoms with van der Waals surface area (Å²) in [6, 6.07) is 13.4. The summed E-state index contributed by atoms with van der Waals surface area (Å²) in [5, 5.41) is 2.70. The van der Waals surface area contributed by atoms with E-state index in [2.05, 4.69) is 86.1 Å². The lowest BCUT2D eigenvalue weighted by Crippen LogP contribution is -2.03. The van der Waals surface area contributed by atoms with Crippen LogP contribution in [0.5, 0.6) is 0 Å². The Morgan fingerprint density at radius 2 is 1.53 bits per heavy atom. The van der Waals surface area contributed by atoms with Crippen molar-refractivity contribution in [3.8, 4) is 0 Å². The predicted molar refractivity (Wildman–Crippen MR) is 94.6 cm³/mol. The quantitative estimate of drug-likeness (QED) is 0.397. The summed E-state index contributed by atoms with van der Waals surface area (Å²) >= 11 is 4.76. The van der Waals surface area contributed by atoms with Crippen LogP contribution in [0.25, 0.3) is 21.8 Å². The van der Waals surface area contributed by atoms with E-state index in [9.17, 15) is 0 Å². The average Bonchev–Trinajstić information content (AvgIpc) is 3.16. The molecule has 96 valence electrons. The minimum atomic E-state index is 0.400. The van der Waals surface area contributed by atoms with Crippen LogP contribution in [0.15, 0.2) is 36.4 Å². The Balaban J connectivity index is 2.09. The molecule has 1 saturated heterocycles. The van der Waals surface area contributed by atoms with Crippen LogP contribution in [0, 0.1) is 7.14 Å². The lowest BCUT2D eigenvalue weighted by Gasteiger charge is -2.04. The Labute approximate surface area is 138 Å². The van der Waals surface area contributed by atoms with Crippen molar-refractivity contribution in [1.29, 1.82) is 0 Å². The van der Waals surface area contributed by atoms with E-state index >= 15 is 0 Å². The van der Waals surface area contributed by atoms with Gasteiger partial charge in [-0.2, -0.15) is 0 Å². The third kappa shape index (κ3) is 2.17. The van der Waals surface area contributed by atoms with Gasteiger partial charge >= 0.3 is 0 Å². The van der Waals surface area contributed by atoms with E-state index in [4.69, 9.17) is 4.74 Å². The van der Waals surface area contributed by atoms with Crippen molar-refractivity contribution in [2.24, 2.45) is 0 Å². The van der Waals surface area contributed by atoms with Gasteiger partial charge in [-0.25, -0.2) is 0 Å². The summed E-state index contributed by atoms with van der Waals surface area (Å²) < 4.78 is 10.4. The summed E-state index contributed by atoms with van der Waals surface area (Å²) in [6.07, 6.45) is 0.400. The highest BCUT2D eigenvalue weighted by Gasteiger charge is 2.24. The van der Waals surface area contributed by atoms with E-state index in [0.717, 1.165) is 13.2 Å². The van der Waals surface area contributed by atoms with Gasteiger partial charge in [0, 0.05) is 28.9 Å². The Hall–Kier alpha value is -0.340. The fraction of sp³-hybridized carbons (Fsp3) is 0.200. The summed E-state index contributed by atoms with van der Waals surface area (Å²) in [5.41, 5.74) is 2.63. The molecule has 2 aromatic carbocycles. The molecule has 2 heterocycles. The number of hydrogen-bond acceptors (Lipinski definition) is 1. The monoisotopic (exact) mass is 475 g/mol. The smallest absolute Gasteiger partial charge is 0.0988 e. The summed E-state index contributed by atoms with van der Waals surface area (Å²) in [5.74, 6) is 0. The van der Waals surface area contributed by atoms with Crippen LogP contribution in [0.1, 0.15) is 0 Å². The normalized spacial score (nSPS) is 18.3. The van der Waals surface area contributed by atoms with Gasteiger partial charge in [0.05, 0.1) is 19.3 Å². The summed E-state index contributed by atoms with van der Waals surface area (Å²) in [7, 11) is 0. The van der Waals surface area contributed by atoms with Crippen molar-refractivity contribution in [2.45, 2.75) is 12.6 Å². The average molecular weight is 475 g/mol. The molecular formula is C15H11I2NO. The maximum absolute atomic E-state index is 5.40. The van der Waals surface area contributed by atoms with Gasteiger partial charge in [-0.15, -0.1) is 0 Å². The second-order valence-electron chi connectivity index (χ2n) is 4.89. The highest BCUT2D eigenvalue weighted by molar-refractivity contribution is 14.1. The summed E-state index contributed by atoms with van der Waals surface area (Å²) in [4.78, 5) is 0. The van der Waals surface area contributed by atoms with E-state index in [1.54, 1.807) is 0 Å². The van der Waals surface area contributed by atoms with Gasteiger partial charge in [0.25, 0.3) is 0 Å². The molecule has 0 radical (unpaired) electrons.